The maximum atomic E-state index is 13.0. The number of anilines is 1. The maximum Gasteiger partial charge on any atom is 0.472 e. The molecule has 0 bridgehead atoms. The molecule has 2 unspecified atom stereocenters. The predicted molar refractivity (Wildman–Crippen MR) is 202 cm³/mol. The van der Waals surface area contributed by atoms with Crippen molar-refractivity contribution in [3.63, 3.8) is 0 Å². The number of ether oxygens (including phenoxy) is 4. The smallest absolute Gasteiger partial charge is 0.456 e. The van der Waals surface area contributed by atoms with Crippen LogP contribution in [-0.2, 0) is 46.9 Å². The standard InChI is InChI=1S/C30H48IN6O12PS2/c1-18(10-38)52-51-9-8-22(41)32-12-29(4,5)13-44-14-30(6,7)15-46-50(42,43)45-11-21-24(47-19(2)39)25(48-20(3)40)28(49-21)37-17-35-23-26(36-31)33-16-34-27(23)37/h16-18,21,24-25,28,38H,8-15H2,1-7H3,(H,32,41)(H,42,43)(H,33,34,36)/t18?,21-,24-,25-,28-/m1/s1. The normalized spacial score (nSPS) is 21.0. The Morgan fingerprint density at radius 1 is 1.06 bits per heavy atom. The number of aliphatic hydroxyl groups is 1. The number of nitrogens with zero attached hydrogens (tertiary/aromatic N) is 4. The summed E-state index contributed by atoms with van der Waals surface area (Å²) in [5, 5.41) is 12.1. The third-order valence-corrected chi connectivity index (χ3v) is 11.6. The first kappa shape index (κ1) is 44.6. The van der Waals surface area contributed by atoms with Crippen molar-refractivity contribution in [1.29, 1.82) is 0 Å². The summed E-state index contributed by atoms with van der Waals surface area (Å²) >= 11 is 1.90. The molecule has 18 nitrogen and oxygen atoms in total. The largest absolute Gasteiger partial charge is 0.472 e. The van der Waals surface area contributed by atoms with Gasteiger partial charge in [0.15, 0.2) is 35.4 Å². The van der Waals surface area contributed by atoms with Gasteiger partial charge >= 0.3 is 19.8 Å². The van der Waals surface area contributed by atoms with Gasteiger partial charge in [0.1, 0.15) is 12.4 Å². The van der Waals surface area contributed by atoms with Crippen molar-refractivity contribution in [2.75, 3.05) is 48.9 Å². The Kier molecular flexibility index (Phi) is 17.3. The third kappa shape index (κ3) is 14.1. The Balaban J connectivity index is 1.55. The second kappa shape index (κ2) is 20.2. The van der Waals surface area contributed by atoms with Crippen LogP contribution in [0.4, 0.5) is 5.82 Å². The van der Waals surface area contributed by atoms with E-state index in [-0.39, 0.29) is 36.4 Å². The van der Waals surface area contributed by atoms with Crippen molar-refractivity contribution in [2.45, 2.75) is 84.7 Å². The molecule has 1 aliphatic rings. The van der Waals surface area contributed by atoms with Gasteiger partial charge in [-0.05, 0) is 0 Å². The lowest BCUT2D eigenvalue weighted by Crippen LogP contribution is -2.40. The van der Waals surface area contributed by atoms with E-state index in [2.05, 4.69) is 23.8 Å². The van der Waals surface area contributed by atoms with Crippen molar-refractivity contribution in [1.82, 2.24) is 24.8 Å². The first-order chi connectivity index (χ1) is 24.4. The van der Waals surface area contributed by atoms with Gasteiger partial charge in [0, 0.05) is 48.6 Å². The van der Waals surface area contributed by atoms with Crippen molar-refractivity contribution in [3.05, 3.63) is 12.7 Å². The number of aliphatic hydroxyl groups excluding tert-OH is 1. The van der Waals surface area contributed by atoms with E-state index >= 15 is 0 Å². The maximum absolute atomic E-state index is 13.0. The predicted octanol–water partition coefficient (Wildman–Crippen LogP) is 3.82. The average Bonchev–Trinajstić information content (AvgIpc) is 3.64. The zero-order valence-corrected chi connectivity index (χ0v) is 34.8. The van der Waals surface area contributed by atoms with E-state index in [1.54, 1.807) is 35.4 Å². The highest BCUT2D eigenvalue weighted by molar-refractivity contribution is 14.1. The molecule has 2 aromatic heterocycles. The molecular formula is C30H48IN6O12PS2. The highest BCUT2D eigenvalue weighted by atomic mass is 127. The average molecular weight is 907 g/mol. The van der Waals surface area contributed by atoms with Crippen LogP contribution in [0.1, 0.15) is 61.1 Å². The van der Waals surface area contributed by atoms with Gasteiger partial charge < -0.3 is 37.8 Å². The van der Waals surface area contributed by atoms with E-state index in [9.17, 15) is 23.8 Å². The molecule has 1 saturated heterocycles. The number of fused-ring (bicyclic) bond motifs is 1. The molecule has 3 rings (SSSR count). The minimum absolute atomic E-state index is 0.0718. The summed E-state index contributed by atoms with van der Waals surface area (Å²) in [5.41, 5.74) is -0.385. The number of esters is 2. The SMILES string of the molecule is CC(=O)O[C@@H]1[C@H](OC(C)=O)[C@@H](COP(=O)(O)OCC(C)(C)COCC(C)(C)CNC(=O)CCSSC(C)CO)O[C@H]1n1cnc2c(NI)ncnc21. The molecule has 2 aromatic rings. The molecule has 0 radical (unpaired) electrons. The Bertz CT molecular complexity index is 1560. The quantitative estimate of drug-likeness (QED) is 0.0329. The molecule has 6 atom stereocenters. The van der Waals surface area contributed by atoms with Crippen LogP contribution in [-0.4, -0.2) is 116 Å². The molecular weight excluding hydrogens is 858 g/mol. The van der Waals surface area contributed by atoms with Gasteiger partial charge in [-0.3, -0.25) is 28.0 Å². The van der Waals surface area contributed by atoms with E-state index in [1.807, 2.05) is 43.6 Å². The lowest BCUT2D eigenvalue weighted by atomic mass is 9.93. The number of hydrogen-bond acceptors (Lipinski definition) is 17. The van der Waals surface area contributed by atoms with Gasteiger partial charge in [0.25, 0.3) is 0 Å². The van der Waals surface area contributed by atoms with Gasteiger partial charge in [0.2, 0.25) is 5.91 Å². The lowest BCUT2D eigenvalue weighted by Gasteiger charge is -2.29. The lowest BCUT2D eigenvalue weighted by molar-refractivity contribution is -0.165. The molecule has 1 amide bonds. The first-order valence-corrected chi connectivity index (χ1v) is 21.2. The fourth-order valence-corrected chi connectivity index (χ4v) is 8.13. The summed E-state index contributed by atoms with van der Waals surface area (Å²) in [4.78, 5) is 59.8. The van der Waals surface area contributed by atoms with E-state index < -0.39 is 56.3 Å². The van der Waals surface area contributed by atoms with E-state index in [4.69, 9.17) is 33.1 Å². The van der Waals surface area contributed by atoms with Crippen LogP contribution < -0.4 is 8.85 Å². The molecule has 0 aromatic carbocycles. The monoisotopic (exact) mass is 906 g/mol. The molecule has 0 spiro atoms. The zero-order chi connectivity index (χ0) is 38.7. The molecule has 22 heteroatoms. The van der Waals surface area contributed by atoms with Crippen molar-refractivity contribution in [3.8, 4) is 0 Å². The minimum Gasteiger partial charge on any atom is -0.456 e. The minimum atomic E-state index is -4.68. The molecule has 1 aliphatic heterocycles. The summed E-state index contributed by atoms with van der Waals surface area (Å²) in [7, 11) is -1.59. The molecule has 0 aliphatic carbocycles. The Morgan fingerprint density at radius 3 is 2.38 bits per heavy atom. The van der Waals surface area contributed by atoms with Gasteiger partial charge in [0.05, 0.1) is 62.2 Å². The fourth-order valence-electron chi connectivity index (χ4n) is 4.74. The van der Waals surface area contributed by atoms with Crippen LogP contribution in [0.5, 0.6) is 0 Å². The highest BCUT2D eigenvalue weighted by Gasteiger charge is 2.51. The van der Waals surface area contributed by atoms with E-state index in [0.717, 1.165) is 0 Å². The molecule has 0 saturated carbocycles. The number of halogens is 1. The fraction of sp³-hybridized carbons (Fsp3) is 0.733. The summed E-state index contributed by atoms with van der Waals surface area (Å²) in [6.07, 6.45) is -1.65. The van der Waals surface area contributed by atoms with Crippen LogP contribution in [0.25, 0.3) is 11.2 Å². The topological polar surface area (TPSA) is 232 Å². The van der Waals surface area contributed by atoms with Gasteiger partial charge in [-0.2, -0.15) is 0 Å². The number of carbonyl (C=O) groups excluding carboxylic acids is 3. The van der Waals surface area contributed by atoms with E-state index in [1.165, 1.54) is 31.1 Å². The van der Waals surface area contributed by atoms with Gasteiger partial charge in [-0.15, -0.1) is 0 Å². The second-order valence-electron chi connectivity index (χ2n) is 13.7. The highest BCUT2D eigenvalue weighted by Crippen LogP contribution is 2.46. The second-order valence-corrected chi connectivity index (χ2v) is 18.6. The Morgan fingerprint density at radius 2 is 1.73 bits per heavy atom. The number of nitrogens with one attached hydrogen (secondary N) is 2. The number of imidazole rings is 1. The number of aromatic nitrogens is 4. The van der Waals surface area contributed by atoms with Crippen molar-refractivity contribution in [2.24, 2.45) is 10.8 Å². The number of rotatable bonds is 22. The van der Waals surface area contributed by atoms with Crippen LogP contribution in [0.15, 0.2) is 12.7 Å². The van der Waals surface area contributed by atoms with Crippen molar-refractivity contribution >= 4 is 87.1 Å². The number of amides is 1. The van der Waals surface area contributed by atoms with Crippen LogP contribution in [0.3, 0.4) is 0 Å². The van der Waals surface area contributed by atoms with Gasteiger partial charge in [-0.1, -0.05) is 56.2 Å². The molecule has 3 heterocycles. The summed E-state index contributed by atoms with van der Waals surface area (Å²) in [5.74, 6) is -0.407. The summed E-state index contributed by atoms with van der Waals surface area (Å²) in [6.45, 7) is 11.9. The summed E-state index contributed by atoms with van der Waals surface area (Å²) in [6, 6.07) is 0. The Labute approximate surface area is 324 Å². The number of carbonyl (C=O) groups is 3. The van der Waals surface area contributed by atoms with Crippen LogP contribution in [0, 0.1) is 10.8 Å². The molecule has 1 fully saturated rings. The number of hydrogen-bond donors (Lipinski definition) is 4. The molecule has 294 valence electrons. The van der Waals surface area contributed by atoms with Crippen LogP contribution in [0.2, 0.25) is 0 Å². The van der Waals surface area contributed by atoms with Crippen molar-refractivity contribution < 1.29 is 56.9 Å². The first-order valence-electron chi connectivity index (χ1n) is 16.3. The summed E-state index contributed by atoms with van der Waals surface area (Å²) < 4.78 is 51.1. The molecule has 4 N–H and O–H groups in total. The Hall–Kier alpha value is -1.82. The van der Waals surface area contributed by atoms with E-state index in [0.29, 0.717) is 42.3 Å². The van der Waals surface area contributed by atoms with Gasteiger partial charge in [-0.25, -0.2) is 19.5 Å². The third-order valence-electron chi connectivity index (χ3n) is 7.28. The molecule has 52 heavy (non-hydrogen) atoms. The number of phosphoric acid groups is 1. The number of phosphoric ester groups is 1. The zero-order valence-electron chi connectivity index (χ0n) is 30.1. The van der Waals surface area contributed by atoms with Crippen LogP contribution >= 0.6 is 52.3 Å².